The van der Waals surface area contributed by atoms with Crippen LogP contribution in [0, 0.1) is 0 Å². The molecular weight excluding hydrogens is 350 g/mol. The standard InChI is InChI=1S/C24H21NO3/c1-3-15(2)16-8-10-17(11-9-16)22-12-13-23(28-22)21-14-19(24(26)27)18-6-4-5-7-20(18)25-21/h4-15H,3H2,1-2H3,(H,26,27)/t15-/m0/s1. The van der Waals surface area contributed by atoms with Crippen LogP contribution in [0.25, 0.3) is 33.7 Å². The van der Waals surface area contributed by atoms with E-state index >= 15 is 0 Å². The molecule has 2 aromatic heterocycles. The molecule has 0 radical (unpaired) electrons. The van der Waals surface area contributed by atoms with E-state index in [2.05, 4.69) is 43.1 Å². The average Bonchev–Trinajstić information content (AvgIpc) is 3.22. The zero-order valence-corrected chi connectivity index (χ0v) is 15.8. The van der Waals surface area contributed by atoms with E-state index in [-0.39, 0.29) is 5.56 Å². The molecule has 0 saturated carbocycles. The molecule has 0 saturated heterocycles. The van der Waals surface area contributed by atoms with Gasteiger partial charge in [-0.2, -0.15) is 0 Å². The molecule has 4 rings (SSSR count). The number of aromatic nitrogens is 1. The SMILES string of the molecule is CC[C@H](C)c1ccc(-c2ccc(-c3cc(C(=O)O)c4ccccc4n3)o2)cc1. The fourth-order valence-electron chi connectivity index (χ4n) is 3.32. The van der Waals surface area contributed by atoms with Gasteiger partial charge in [-0.3, -0.25) is 0 Å². The van der Waals surface area contributed by atoms with Crippen LogP contribution in [0.5, 0.6) is 0 Å². The number of pyridine rings is 1. The highest BCUT2D eigenvalue weighted by molar-refractivity contribution is 6.03. The second-order valence-corrected chi connectivity index (χ2v) is 6.97. The third-order valence-corrected chi connectivity index (χ3v) is 5.18. The predicted octanol–water partition coefficient (Wildman–Crippen LogP) is 6.37. The van der Waals surface area contributed by atoms with Crippen molar-refractivity contribution in [3.05, 3.63) is 77.9 Å². The van der Waals surface area contributed by atoms with Crippen molar-refractivity contribution in [1.29, 1.82) is 0 Å². The van der Waals surface area contributed by atoms with Crippen molar-refractivity contribution < 1.29 is 14.3 Å². The first-order chi connectivity index (χ1) is 13.6. The molecule has 0 spiro atoms. The van der Waals surface area contributed by atoms with Gasteiger partial charge in [-0.15, -0.1) is 0 Å². The van der Waals surface area contributed by atoms with Crippen molar-refractivity contribution in [1.82, 2.24) is 4.98 Å². The number of nitrogens with zero attached hydrogens (tertiary/aromatic N) is 1. The van der Waals surface area contributed by atoms with Gasteiger partial charge in [0.05, 0.1) is 11.1 Å². The van der Waals surface area contributed by atoms with Crippen molar-refractivity contribution in [2.24, 2.45) is 0 Å². The number of furan rings is 1. The third-order valence-electron chi connectivity index (χ3n) is 5.18. The highest BCUT2D eigenvalue weighted by Crippen LogP contribution is 2.31. The molecule has 0 bridgehead atoms. The lowest BCUT2D eigenvalue weighted by Crippen LogP contribution is -1.99. The Hall–Kier alpha value is -3.40. The molecular formula is C24H21NO3. The minimum Gasteiger partial charge on any atom is -0.478 e. The Balaban J connectivity index is 1.72. The molecule has 0 amide bonds. The van der Waals surface area contributed by atoms with Gasteiger partial charge in [0.25, 0.3) is 0 Å². The Morgan fingerprint density at radius 2 is 1.75 bits per heavy atom. The van der Waals surface area contributed by atoms with E-state index in [9.17, 15) is 9.90 Å². The number of rotatable bonds is 5. The fraction of sp³-hybridized carbons (Fsp3) is 0.167. The van der Waals surface area contributed by atoms with Crippen molar-refractivity contribution in [2.45, 2.75) is 26.2 Å². The average molecular weight is 371 g/mol. The minimum atomic E-state index is -0.979. The lowest BCUT2D eigenvalue weighted by Gasteiger charge is -2.09. The number of benzene rings is 2. The lowest BCUT2D eigenvalue weighted by atomic mass is 9.97. The first-order valence-electron chi connectivity index (χ1n) is 9.40. The molecule has 1 N–H and O–H groups in total. The summed E-state index contributed by atoms with van der Waals surface area (Å²) >= 11 is 0. The molecule has 0 unspecified atom stereocenters. The summed E-state index contributed by atoms with van der Waals surface area (Å²) in [6.45, 7) is 4.39. The van der Waals surface area contributed by atoms with Gasteiger partial charge >= 0.3 is 5.97 Å². The van der Waals surface area contributed by atoms with Crippen LogP contribution in [0.3, 0.4) is 0 Å². The third kappa shape index (κ3) is 3.29. The number of fused-ring (bicyclic) bond motifs is 1. The van der Waals surface area contributed by atoms with E-state index in [1.54, 1.807) is 12.1 Å². The normalized spacial score (nSPS) is 12.2. The highest BCUT2D eigenvalue weighted by atomic mass is 16.4. The quantitative estimate of drug-likeness (QED) is 0.442. The molecule has 2 aromatic carbocycles. The van der Waals surface area contributed by atoms with E-state index in [4.69, 9.17) is 4.42 Å². The van der Waals surface area contributed by atoms with Gasteiger partial charge < -0.3 is 9.52 Å². The minimum absolute atomic E-state index is 0.219. The smallest absolute Gasteiger partial charge is 0.336 e. The summed E-state index contributed by atoms with van der Waals surface area (Å²) in [4.78, 5) is 16.3. The van der Waals surface area contributed by atoms with E-state index in [0.29, 0.717) is 28.3 Å². The monoisotopic (exact) mass is 371 g/mol. The number of carboxylic acid groups (broad SMARTS) is 1. The van der Waals surface area contributed by atoms with E-state index in [0.717, 1.165) is 17.7 Å². The molecule has 0 fully saturated rings. The number of hydrogen-bond donors (Lipinski definition) is 1. The van der Waals surface area contributed by atoms with Gasteiger partial charge in [0.2, 0.25) is 0 Å². The van der Waals surface area contributed by atoms with Crippen molar-refractivity contribution in [3.8, 4) is 22.8 Å². The molecule has 28 heavy (non-hydrogen) atoms. The zero-order valence-electron chi connectivity index (χ0n) is 15.8. The Labute approximate surface area is 163 Å². The van der Waals surface area contributed by atoms with Crippen LogP contribution in [-0.4, -0.2) is 16.1 Å². The van der Waals surface area contributed by atoms with E-state index < -0.39 is 5.97 Å². The Kier molecular flexibility index (Phi) is 4.70. The summed E-state index contributed by atoms with van der Waals surface area (Å²) in [7, 11) is 0. The van der Waals surface area contributed by atoms with Gasteiger partial charge in [0, 0.05) is 10.9 Å². The Bertz CT molecular complexity index is 1140. The van der Waals surface area contributed by atoms with E-state index in [1.807, 2.05) is 30.3 Å². The Morgan fingerprint density at radius 1 is 1.04 bits per heavy atom. The molecule has 0 aliphatic carbocycles. The van der Waals surface area contributed by atoms with Crippen molar-refractivity contribution >= 4 is 16.9 Å². The van der Waals surface area contributed by atoms with Gasteiger partial charge in [0.1, 0.15) is 11.5 Å². The molecule has 0 aliphatic rings. The number of carbonyl (C=O) groups is 1. The van der Waals surface area contributed by atoms with Crippen LogP contribution in [-0.2, 0) is 0 Å². The molecule has 140 valence electrons. The van der Waals surface area contributed by atoms with Gasteiger partial charge in [0.15, 0.2) is 5.76 Å². The second-order valence-electron chi connectivity index (χ2n) is 6.97. The number of aromatic carboxylic acids is 1. The largest absolute Gasteiger partial charge is 0.478 e. The topological polar surface area (TPSA) is 63.3 Å². The predicted molar refractivity (Wildman–Crippen MR) is 111 cm³/mol. The molecule has 2 heterocycles. The van der Waals surface area contributed by atoms with Crippen molar-refractivity contribution in [2.75, 3.05) is 0 Å². The molecule has 4 aromatic rings. The second kappa shape index (κ2) is 7.31. The van der Waals surface area contributed by atoms with Crippen LogP contribution >= 0.6 is 0 Å². The molecule has 1 atom stereocenters. The summed E-state index contributed by atoms with van der Waals surface area (Å²) in [6, 6.07) is 20.9. The van der Waals surface area contributed by atoms with Crippen LogP contribution in [0.1, 0.15) is 42.1 Å². The van der Waals surface area contributed by atoms with E-state index in [1.165, 1.54) is 5.56 Å². The van der Waals surface area contributed by atoms with Crippen LogP contribution in [0.2, 0.25) is 0 Å². The molecule has 4 nitrogen and oxygen atoms in total. The summed E-state index contributed by atoms with van der Waals surface area (Å²) in [5, 5.41) is 10.2. The number of para-hydroxylation sites is 1. The summed E-state index contributed by atoms with van der Waals surface area (Å²) in [6.07, 6.45) is 1.10. The van der Waals surface area contributed by atoms with Crippen molar-refractivity contribution in [3.63, 3.8) is 0 Å². The first-order valence-corrected chi connectivity index (χ1v) is 9.40. The zero-order chi connectivity index (χ0) is 19.7. The maximum atomic E-state index is 11.7. The number of carboxylic acids is 1. The molecule has 0 aliphatic heterocycles. The van der Waals surface area contributed by atoms with Crippen LogP contribution in [0.4, 0.5) is 0 Å². The van der Waals surface area contributed by atoms with Crippen LogP contribution < -0.4 is 0 Å². The lowest BCUT2D eigenvalue weighted by molar-refractivity contribution is 0.0699. The summed E-state index contributed by atoms with van der Waals surface area (Å²) < 4.78 is 6.01. The van der Waals surface area contributed by atoms with Gasteiger partial charge in [-0.1, -0.05) is 56.3 Å². The summed E-state index contributed by atoms with van der Waals surface area (Å²) in [5.74, 6) is 0.830. The summed E-state index contributed by atoms with van der Waals surface area (Å²) in [5.41, 5.74) is 3.65. The van der Waals surface area contributed by atoms with Gasteiger partial charge in [-0.05, 0) is 42.2 Å². The highest BCUT2D eigenvalue weighted by Gasteiger charge is 2.15. The Morgan fingerprint density at radius 3 is 2.46 bits per heavy atom. The maximum Gasteiger partial charge on any atom is 0.336 e. The first kappa shape index (κ1) is 18.0. The fourth-order valence-corrected chi connectivity index (χ4v) is 3.32. The van der Waals surface area contributed by atoms with Crippen LogP contribution in [0.15, 0.2) is 71.1 Å². The van der Waals surface area contributed by atoms with Gasteiger partial charge in [-0.25, -0.2) is 9.78 Å². The maximum absolute atomic E-state index is 11.7. The number of hydrogen-bond acceptors (Lipinski definition) is 3. The molecule has 4 heteroatoms.